The van der Waals surface area contributed by atoms with Gasteiger partial charge in [-0.15, -0.1) is 19.0 Å². The molecule has 0 amide bonds. The van der Waals surface area contributed by atoms with E-state index in [1.54, 1.807) is 0 Å². The van der Waals surface area contributed by atoms with Crippen molar-refractivity contribution in [2.75, 3.05) is 0 Å². The SMILES string of the molecule is CC[B-](CC)(CC)O/C=C1/C=Cc2ccccc2[C@H]1c1ccccc1.[Li+]. The zero-order chi connectivity index (χ0) is 17.7. The summed E-state index contributed by atoms with van der Waals surface area (Å²) >= 11 is 0. The zero-order valence-corrected chi connectivity index (χ0v) is 16.6. The molecule has 1 aliphatic carbocycles. The van der Waals surface area contributed by atoms with Gasteiger partial charge in [-0.1, -0.05) is 87.5 Å². The maximum absolute atomic E-state index is 6.43. The Morgan fingerprint density at radius 3 is 2.12 bits per heavy atom. The monoisotopic (exact) mass is 338 g/mol. The quantitative estimate of drug-likeness (QED) is 0.576. The van der Waals surface area contributed by atoms with Crippen molar-refractivity contribution in [2.24, 2.45) is 0 Å². The molecule has 1 atom stereocenters. The molecule has 0 spiro atoms. The van der Waals surface area contributed by atoms with Gasteiger partial charge in [0.25, 0.3) is 0 Å². The topological polar surface area (TPSA) is 9.23 Å². The molecule has 0 fully saturated rings. The fourth-order valence-electron chi connectivity index (χ4n) is 3.89. The molecule has 0 saturated heterocycles. The Bertz CT molecular complexity index is 755. The summed E-state index contributed by atoms with van der Waals surface area (Å²) in [6, 6.07) is 19.4. The minimum atomic E-state index is -0.766. The number of allylic oxidation sites excluding steroid dienone is 2. The molecule has 0 radical (unpaired) electrons. The third kappa shape index (κ3) is 4.20. The molecule has 1 nitrogen and oxygen atoms in total. The molecule has 0 N–H and O–H groups in total. The predicted molar refractivity (Wildman–Crippen MR) is 110 cm³/mol. The Balaban J connectivity index is 0.00000243. The van der Waals surface area contributed by atoms with Crippen LogP contribution in [0.2, 0.25) is 19.0 Å². The fraction of sp³-hybridized carbons (Fsp3) is 0.304. The maximum Gasteiger partial charge on any atom is 1.00 e. The summed E-state index contributed by atoms with van der Waals surface area (Å²) in [4.78, 5) is 0. The van der Waals surface area contributed by atoms with E-state index < -0.39 is 6.35 Å². The second-order valence-corrected chi connectivity index (χ2v) is 7.15. The largest absolute Gasteiger partial charge is 1.00 e. The first kappa shape index (κ1) is 20.7. The fourth-order valence-corrected chi connectivity index (χ4v) is 3.89. The van der Waals surface area contributed by atoms with Gasteiger partial charge in [-0.25, -0.2) is 0 Å². The minimum Gasteiger partial charge on any atom is -0.718 e. The summed E-state index contributed by atoms with van der Waals surface area (Å²) < 4.78 is 6.43. The van der Waals surface area contributed by atoms with Gasteiger partial charge in [-0.2, -0.15) is 0 Å². The molecule has 0 bridgehead atoms. The van der Waals surface area contributed by atoms with Gasteiger partial charge in [-0.05, 0) is 22.3 Å². The Morgan fingerprint density at radius 1 is 0.846 bits per heavy atom. The number of fused-ring (bicyclic) bond motifs is 1. The summed E-state index contributed by atoms with van der Waals surface area (Å²) in [5.41, 5.74) is 5.21. The van der Waals surface area contributed by atoms with Crippen LogP contribution in [-0.4, -0.2) is 6.35 Å². The van der Waals surface area contributed by atoms with Gasteiger partial charge in [0.2, 0.25) is 0 Å². The number of hydrogen-bond donors (Lipinski definition) is 0. The van der Waals surface area contributed by atoms with Gasteiger partial charge >= 0.3 is 18.9 Å². The van der Waals surface area contributed by atoms with Gasteiger partial charge in [0.15, 0.2) is 6.35 Å². The van der Waals surface area contributed by atoms with Gasteiger partial charge < -0.3 is 4.65 Å². The molecule has 0 aliphatic heterocycles. The average molecular weight is 338 g/mol. The van der Waals surface area contributed by atoms with E-state index in [1.807, 2.05) is 6.26 Å². The van der Waals surface area contributed by atoms with Crippen LogP contribution in [0.5, 0.6) is 0 Å². The zero-order valence-electron chi connectivity index (χ0n) is 16.6. The van der Waals surface area contributed by atoms with Crippen molar-refractivity contribution in [1.82, 2.24) is 0 Å². The molecule has 0 heterocycles. The molecule has 3 heteroatoms. The molecule has 2 aromatic carbocycles. The first-order valence-electron chi connectivity index (χ1n) is 9.62. The molecule has 0 saturated carbocycles. The van der Waals surface area contributed by atoms with Crippen molar-refractivity contribution in [3.05, 3.63) is 89.2 Å². The molecule has 0 aromatic heterocycles. The van der Waals surface area contributed by atoms with E-state index in [4.69, 9.17) is 4.65 Å². The Hall–Kier alpha value is -1.62. The van der Waals surface area contributed by atoms with Crippen molar-refractivity contribution in [2.45, 2.75) is 45.6 Å². The van der Waals surface area contributed by atoms with Gasteiger partial charge in [0.05, 0.1) is 0 Å². The number of rotatable bonds is 6. The molecule has 130 valence electrons. The van der Waals surface area contributed by atoms with E-state index in [1.165, 1.54) is 22.3 Å². The van der Waals surface area contributed by atoms with Crippen LogP contribution < -0.4 is 18.9 Å². The molecule has 0 unspecified atom stereocenters. The molecule has 26 heavy (non-hydrogen) atoms. The van der Waals surface area contributed by atoms with E-state index in [0.717, 1.165) is 19.0 Å². The summed E-state index contributed by atoms with van der Waals surface area (Å²) in [5.74, 6) is 0.237. The maximum atomic E-state index is 6.43. The number of hydrogen-bond acceptors (Lipinski definition) is 1. The normalized spacial score (nSPS) is 17.5. The van der Waals surface area contributed by atoms with Gasteiger partial charge in [0, 0.05) is 12.2 Å². The Kier molecular flexibility index (Phi) is 7.45. The summed E-state index contributed by atoms with van der Waals surface area (Å²) in [5, 5.41) is 0. The molecular formula is C23H28BLiO. The first-order chi connectivity index (χ1) is 12.2. The Labute approximate surface area is 170 Å². The summed E-state index contributed by atoms with van der Waals surface area (Å²) in [6.07, 6.45) is 8.98. The summed E-state index contributed by atoms with van der Waals surface area (Å²) in [6.45, 7) is 6.73. The van der Waals surface area contributed by atoms with Crippen LogP contribution in [0.4, 0.5) is 0 Å². The van der Waals surface area contributed by atoms with Crippen LogP contribution in [0, 0.1) is 0 Å². The third-order valence-corrected chi connectivity index (χ3v) is 5.95. The second kappa shape index (κ2) is 9.36. The molecule has 3 rings (SSSR count). The first-order valence-corrected chi connectivity index (χ1v) is 9.62. The molecule has 1 aliphatic rings. The van der Waals surface area contributed by atoms with Crippen molar-refractivity contribution in [3.63, 3.8) is 0 Å². The minimum absolute atomic E-state index is 0. The van der Waals surface area contributed by atoms with Gasteiger partial charge in [0.1, 0.15) is 0 Å². The number of benzene rings is 2. The molecular weight excluding hydrogens is 310 g/mol. The predicted octanol–water partition coefficient (Wildman–Crippen LogP) is 3.76. The third-order valence-electron chi connectivity index (χ3n) is 5.95. The van der Waals surface area contributed by atoms with Crippen LogP contribution >= 0.6 is 0 Å². The van der Waals surface area contributed by atoms with E-state index in [0.29, 0.717) is 0 Å². The Morgan fingerprint density at radius 2 is 1.46 bits per heavy atom. The van der Waals surface area contributed by atoms with Gasteiger partial charge in [-0.3, -0.25) is 0 Å². The second-order valence-electron chi connectivity index (χ2n) is 7.15. The van der Waals surface area contributed by atoms with E-state index in [-0.39, 0.29) is 24.8 Å². The smallest absolute Gasteiger partial charge is 0.718 e. The van der Waals surface area contributed by atoms with Crippen LogP contribution in [0.25, 0.3) is 6.08 Å². The van der Waals surface area contributed by atoms with E-state index in [9.17, 15) is 0 Å². The average Bonchev–Trinajstić information content (AvgIpc) is 2.69. The van der Waals surface area contributed by atoms with E-state index in [2.05, 4.69) is 87.5 Å². The van der Waals surface area contributed by atoms with E-state index >= 15 is 0 Å². The van der Waals surface area contributed by atoms with Crippen LogP contribution in [0.15, 0.2) is 72.5 Å². The van der Waals surface area contributed by atoms with Crippen LogP contribution in [0.1, 0.15) is 43.4 Å². The van der Waals surface area contributed by atoms with Crippen molar-refractivity contribution < 1.29 is 23.5 Å². The van der Waals surface area contributed by atoms with Crippen molar-refractivity contribution in [3.8, 4) is 0 Å². The van der Waals surface area contributed by atoms with Crippen LogP contribution in [0.3, 0.4) is 0 Å². The standard InChI is InChI=1S/C23H28BO.Li/c1-4-24(5-2,6-3)25-18-21-17-16-19-12-10-11-15-22(19)23(21)20-13-8-7-9-14-20;/h7-18,23H,4-6H2,1-3H3;/q-1;+1/b21-18-;/t23-;/m0./s1. The van der Waals surface area contributed by atoms with Crippen molar-refractivity contribution >= 4 is 12.4 Å². The molecule has 2 aromatic rings. The summed E-state index contributed by atoms with van der Waals surface area (Å²) in [7, 11) is 0. The van der Waals surface area contributed by atoms with Crippen molar-refractivity contribution in [1.29, 1.82) is 0 Å². The van der Waals surface area contributed by atoms with Crippen LogP contribution in [-0.2, 0) is 4.65 Å².